The van der Waals surface area contributed by atoms with E-state index in [-0.39, 0.29) is 17.8 Å². The van der Waals surface area contributed by atoms with E-state index in [2.05, 4.69) is 32.6 Å². The number of fused-ring (bicyclic) bond motifs is 1. The summed E-state index contributed by atoms with van der Waals surface area (Å²) in [7, 11) is 0. The van der Waals surface area contributed by atoms with Crippen LogP contribution in [0.25, 0.3) is 10.9 Å². The Bertz CT molecular complexity index is 942. The molecule has 2 atom stereocenters. The van der Waals surface area contributed by atoms with Crippen molar-refractivity contribution in [1.29, 1.82) is 0 Å². The highest BCUT2D eigenvalue weighted by Crippen LogP contribution is 2.28. The number of aromatic nitrogens is 2. The van der Waals surface area contributed by atoms with Crippen LogP contribution < -0.4 is 11.2 Å². The molecule has 1 aromatic heterocycles. The molecular formula is C20H21N5O. The minimum absolute atomic E-state index is 0.0232. The third-order valence-electron chi connectivity index (χ3n) is 4.72. The minimum Gasteiger partial charge on any atom is -0.493 e. The second-order valence-electron chi connectivity index (χ2n) is 6.56. The van der Waals surface area contributed by atoms with Gasteiger partial charge in [0.1, 0.15) is 5.82 Å². The fourth-order valence-electron chi connectivity index (χ4n) is 3.19. The monoisotopic (exact) mass is 347 g/mol. The summed E-state index contributed by atoms with van der Waals surface area (Å²) in [6.07, 6.45) is 3.43. The van der Waals surface area contributed by atoms with Crippen molar-refractivity contribution in [2.45, 2.75) is 24.8 Å². The molecule has 3 aromatic rings. The normalized spacial score (nSPS) is 17.3. The Morgan fingerprint density at radius 1 is 1.15 bits per heavy atom. The van der Waals surface area contributed by atoms with E-state index >= 15 is 0 Å². The standard InChI is InChI=1S/C20H21N5O/c21-17(8-6-13-4-2-1-3-5-13)19-24-18-9-7-14(15-11-22-23-12-15)10-16(18)20(26)25-19/h1-5,7,9-11,15,17,23H,6,8,12,21H2,(H,24,25,26)/t15?,17-/m1/s1. The summed E-state index contributed by atoms with van der Waals surface area (Å²) in [6.45, 7) is 0.759. The summed E-state index contributed by atoms with van der Waals surface area (Å²) in [5, 5.41) is 15.1. The average Bonchev–Trinajstić information content (AvgIpc) is 3.21. The molecule has 0 spiro atoms. The van der Waals surface area contributed by atoms with Gasteiger partial charge in [-0.25, -0.2) is 4.98 Å². The maximum Gasteiger partial charge on any atom is 0.222 e. The zero-order valence-corrected chi connectivity index (χ0v) is 14.3. The Hall–Kier alpha value is -2.99. The molecule has 0 aliphatic carbocycles. The predicted octanol–water partition coefficient (Wildman–Crippen LogP) is 2.64. The molecule has 0 saturated carbocycles. The van der Waals surface area contributed by atoms with Crippen LogP contribution in [0.5, 0.6) is 5.88 Å². The number of nitrogens with one attached hydrogen (secondary N) is 1. The number of hydrazone groups is 1. The van der Waals surface area contributed by atoms with Gasteiger partial charge in [0.15, 0.2) is 0 Å². The zero-order chi connectivity index (χ0) is 17.9. The van der Waals surface area contributed by atoms with Crippen LogP contribution in [0, 0.1) is 0 Å². The molecule has 132 valence electrons. The van der Waals surface area contributed by atoms with Crippen LogP contribution in [-0.4, -0.2) is 27.8 Å². The molecule has 0 radical (unpaired) electrons. The molecule has 6 nitrogen and oxygen atoms in total. The molecule has 1 aliphatic rings. The molecular weight excluding hydrogens is 326 g/mol. The fourth-order valence-corrected chi connectivity index (χ4v) is 3.19. The first-order valence-corrected chi connectivity index (χ1v) is 8.77. The molecule has 1 unspecified atom stereocenters. The van der Waals surface area contributed by atoms with Crippen molar-refractivity contribution < 1.29 is 5.11 Å². The van der Waals surface area contributed by atoms with Crippen LogP contribution in [-0.2, 0) is 6.42 Å². The van der Waals surface area contributed by atoms with E-state index < -0.39 is 0 Å². The number of rotatable bonds is 5. The number of aromatic hydroxyl groups is 1. The molecule has 4 N–H and O–H groups in total. The number of aryl methyl sites for hydroxylation is 1. The highest BCUT2D eigenvalue weighted by molar-refractivity contribution is 5.85. The predicted molar refractivity (Wildman–Crippen MR) is 102 cm³/mol. The van der Waals surface area contributed by atoms with E-state index in [0.29, 0.717) is 16.7 Å². The van der Waals surface area contributed by atoms with Crippen molar-refractivity contribution in [3.8, 4) is 5.88 Å². The van der Waals surface area contributed by atoms with Gasteiger partial charge in [0.25, 0.3) is 0 Å². The Balaban J connectivity index is 1.56. The Labute approximate surface area is 151 Å². The van der Waals surface area contributed by atoms with E-state index in [0.717, 1.165) is 24.9 Å². The van der Waals surface area contributed by atoms with E-state index in [1.165, 1.54) is 5.56 Å². The summed E-state index contributed by atoms with van der Waals surface area (Å²) in [5.41, 5.74) is 12.2. The van der Waals surface area contributed by atoms with Gasteiger partial charge in [-0.3, -0.25) is 0 Å². The second kappa shape index (κ2) is 7.09. The molecule has 6 heteroatoms. The third kappa shape index (κ3) is 3.36. The van der Waals surface area contributed by atoms with Gasteiger partial charge in [0.2, 0.25) is 5.88 Å². The first-order chi connectivity index (χ1) is 12.7. The summed E-state index contributed by atoms with van der Waals surface area (Å²) in [6, 6.07) is 15.7. The lowest BCUT2D eigenvalue weighted by Crippen LogP contribution is -2.15. The maximum absolute atomic E-state index is 10.4. The summed E-state index contributed by atoms with van der Waals surface area (Å²) in [4.78, 5) is 8.82. The van der Waals surface area contributed by atoms with Crippen molar-refractivity contribution in [2.75, 3.05) is 6.54 Å². The molecule has 2 aromatic carbocycles. The first-order valence-electron chi connectivity index (χ1n) is 8.77. The Kier molecular flexibility index (Phi) is 4.50. The van der Waals surface area contributed by atoms with Crippen LogP contribution in [0.15, 0.2) is 53.6 Å². The highest BCUT2D eigenvalue weighted by Gasteiger charge is 2.17. The van der Waals surface area contributed by atoms with Crippen LogP contribution >= 0.6 is 0 Å². The summed E-state index contributed by atoms with van der Waals surface area (Å²) in [5.74, 6) is 0.652. The van der Waals surface area contributed by atoms with E-state index in [9.17, 15) is 5.11 Å². The largest absolute Gasteiger partial charge is 0.493 e. The molecule has 0 saturated heterocycles. The number of nitrogens with two attached hydrogens (primary N) is 1. The lowest BCUT2D eigenvalue weighted by atomic mass is 9.99. The molecule has 26 heavy (non-hydrogen) atoms. The number of hydrogen-bond donors (Lipinski definition) is 3. The number of benzene rings is 2. The quantitative estimate of drug-likeness (QED) is 0.659. The van der Waals surface area contributed by atoms with Gasteiger partial charge >= 0.3 is 0 Å². The number of nitrogens with zero attached hydrogens (tertiary/aromatic N) is 3. The van der Waals surface area contributed by atoms with Crippen LogP contribution in [0.3, 0.4) is 0 Å². The van der Waals surface area contributed by atoms with Gasteiger partial charge in [-0.1, -0.05) is 36.4 Å². The minimum atomic E-state index is -0.323. The lowest BCUT2D eigenvalue weighted by molar-refractivity contribution is 0.451. The smallest absolute Gasteiger partial charge is 0.222 e. The topological polar surface area (TPSA) is 96.4 Å². The zero-order valence-electron chi connectivity index (χ0n) is 14.3. The van der Waals surface area contributed by atoms with E-state index in [4.69, 9.17) is 5.73 Å². The summed E-state index contributed by atoms with van der Waals surface area (Å²) >= 11 is 0. The molecule has 0 bridgehead atoms. The highest BCUT2D eigenvalue weighted by atomic mass is 16.3. The molecule has 0 amide bonds. The van der Waals surface area contributed by atoms with Gasteiger partial charge in [-0.15, -0.1) is 0 Å². The van der Waals surface area contributed by atoms with E-state index in [1.54, 1.807) is 0 Å². The fraction of sp³-hybridized carbons (Fsp3) is 0.250. The second-order valence-corrected chi connectivity index (χ2v) is 6.56. The van der Waals surface area contributed by atoms with Gasteiger partial charge in [-0.2, -0.15) is 10.1 Å². The molecule has 1 aliphatic heterocycles. The van der Waals surface area contributed by atoms with Crippen molar-refractivity contribution >= 4 is 17.1 Å². The van der Waals surface area contributed by atoms with Crippen LogP contribution in [0.2, 0.25) is 0 Å². The third-order valence-corrected chi connectivity index (χ3v) is 4.72. The van der Waals surface area contributed by atoms with Gasteiger partial charge in [0, 0.05) is 18.7 Å². The average molecular weight is 347 g/mol. The molecule has 0 fully saturated rings. The van der Waals surface area contributed by atoms with Gasteiger partial charge in [0.05, 0.1) is 16.9 Å². The first kappa shape index (κ1) is 16.5. The number of hydrogen-bond acceptors (Lipinski definition) is 6. The lowest BCUT2D eigenvalue weighted by Gasteiger charge is -2.13. The molecule has 4 rings (SSSR count). The SMILES string of the molecule is N[C@H](CCc1ccccc1)c1nc(O)c2cc(C3C=NNC3)ccc2n1. The van der Waals surface area contributed by atoms with Crippen molar-refractivity contribution in [1.82, 2.24) is 15.4 Å². The van der Waals surface area contributed by atoms with Crippen molar-refractivity contribution in [2.24, 2.45) is 10.8 Å². The van der Waals surface area contributed by atoms with Crippen molar-refractivity contribution in [3.63, 3.8) is 0 Å². The van der Waals surface area contributed by atoms with Gasteiger partial charge < -0.3 is 16.3 Å². The van der Waals surface area contributed by atoms with Crippen LogP contribution in [0.4, 0.5) is 0 Å². The Morgan fingerprint density at radius 2 is 2.00 bits per heavy atom. The van der Waals surface area contributed by atoms with Gasteiger partial charge in [-0.05, 0) is 36.1 Å². The Morgan fingerprint density at radius 3 is 2.77 bits per heavy atom. The maximum atomic E-state index is 10.4. The molecule has 2 heterocycles. The summed E-state index contributed by atoms with van der Waals surface area (Å²) < 4.78 is 0. The van der Waals surface area contributed by atoms with E-state index in [1.807, 2.05) is 42.6 Å². The van der Waals surface area contributed by atoms with Crippen LogP contribution in [0.1, 0.15) is 35.3 Å². The van der Waals surface area contributed by atoms with Crippen molar-refractivity contribution in [3.05, 3.63) is 65.5 Å².